The van der Waals surface area contributed by atoms with Crippen molar-refractivity contribution in [3.63, 3.8) is 0 Å². The van der Waals surface area contributed by atoms with Crippen LogP contribution >= 0.6 is 23.4 Å². The van der Waals surface area contributed by atoms with E-state index in [1.54, 1.807) is 36.4 Å². The number of thioether (sulfide) groups is 1. The molecule has 27 heavy (non-hydrogen) atoms. The molecule has 0 fully saturated rings. The van der Waals surface area contributed by atoms with E-state index in [1.807, 2.05) is 0 Å². The molecule has 0 spiro atoms. The van der Waals surface area contributed by atoms with Crippen LogP contribution in [0.3, 0.4) is 0 Å². The second-order valence-electron chi connectivity index (χ2n) is 5.46. The number of benzene rings is 1. The van der Waals surface area contributed by atoms with Gasteiger partial charge in [-0.2, -0.15) is 4.98 Å². The molecule has 2 amide bonds. The number of aromatic nitrogens is 3. The number of anilines is 2. The van der Waals surface area contributed by atoms with Crippen molar-refractivity contribution in [1.29, 1.82) is 0 Å². The molecular formula is C17H14ClN5O3S. The normalized spacial score (nSPS) is 10.6. The molecule has 0 saturated heterocycles. The number of fused-ring (bicyclic) bond motifs is 1. The maximum Gasteiger partial charge on any atom is 0.355 e. The first-order valence-electron chi connectivity index (χ1n) is 7.77. The van der Waals surface area contributed by atoms with Gasteiger partial charge < -0.3 is 10.6 Å². The SMILES string of the molecule is CC(=O)Nc1cccc(NC(=O)CSc2nc(=O)n3cc(Cl)ccc3n2)c1. The lowest BCUT2D eigenvalue weighted by Crippen LogP contribution is -2.20. The second-order valence-corrected chi connectivity index (χ2v) is 6.84. The van der Waals surface area contributed by atoms with Crippen LogP contribution in [-0.4, -0.2) is 31.9 Å². The predicted octanol–water partition coefficient (Wildman–Crippen LogP) is 2.43. The molecule has 0 aliphatic rings. The molecule has 0 aliphatic carbocycles. The Morgan fingerprint density at radius 3 is 2.63 bits per heavy atom. The second kappa shape index (κ2) is 8.19. The van der Waals surface area contributed by atoms with Crippen LogP contribution in [0.15, 0.2) is 52.5 Å². The van der Waals surface area contributed by atoms with Crippen LogP contribution in [0.5, 0.6) is 0 Å². The summed E-state index contributed by atoms with van der Waals surface area (Å²) >= 11 is 6.90. The van der Waals surface area contributed by atoms with Gasteiger partial charge >= 0.3 is 5.69 Å². The van der Waals surface area contributed by atoms with Crippen molar-refractivity contribution in [2.45, 2.75) is 12.1 Å². The molecule has 2 N–H and O–H groups in total. The van der Waals surface area contributed by atoms with Gasteiger partial charge in [-0.1, -0.05) is 29.4 Å². The highest BCUT2D eigenvalue weighted by Crippen LogP contribution is 2.17. The topological polar surface area (TPSA) is 105 Å². The van der Waals surface area contributed by atoms with E-state index in [1.165, 1.54) is 17.5 Å². The van der Waals surface area contributed by atoms with E-state index >= 15 is 0 Å². The van der Waals surface area contributed by atoms with Gasteiger partial charge in [-0.15, -0.1) is 0 Å². The first-order valence-corrected chi connectivity index (χ1v) is 9.13. The average molecular weight is 404 g/mol. The smallest absolute Gasteiger partial charge is 0.326 e. The van der Waals surface area contributed by atoms with Gasteiger partial charge in [-0.25, -0.2) is 14.2 Å². The fraction of sp³-hybridized carbons (Fsp3) is 0.118. The van der Waals surface area contributed by atoms with E-state index in [4.69, 9.17) is 11.6 Å². The summed E-state index contributed by atoms with van der Waals surface area (Å²) in [5.41, 5.74) is 0.997. The third-order valence-corrected chi connectivity index (χ3v) is 4.37. The van der Waals surface area contributed by atoms with Crippen LogP contribution in [0.25, 0.3) is 5.65 Å². The highest BCUT2D eigenvalue weighted by molar-refractivity contribution is 7.99. The number of carbonyl (C=O) groups excluding carboxylic acids is 2. The van der Waals surface area contributed by atoms with Gasteiger partial charge in [0.25, 0.3) is 0 Å². The van der Waals surface area contributed by atoms with Gasteiger partial charge in [0.1, 0.15) is 5.65 Å². The molecule has 0 aliphatic heterocycles. The van der Waals surface area contributed by atoms with Gasteiger partial charge in [0, 0.05) is 24.5 Å². The molecule has 0 unspecified atom stereocenters. The summed E-state index contributed by atoms with van der Waals surface area (Å²) in [6.45, 7) is 1.40. The standard InChI is InChI=1S/C17H14ClN5O3S/c1-10(24)19-12-3-2-4-13(7-12)20-15(25)9-27-16-21-14-6-5-11(18)8-23(14)17(26)22-16/h2-8H,9H2,1H3,(H,19,24)(H,20,25). The number of hydrogen-bond donors (Lipinski definition) is 2. The summed E-state index contributed by atoms with van der Waals surface area (Å²) in [5.74, 6) is -0.469. The number of carbonyl (C=O) groups is 2. The van der Waals surface area contributed by atoms with Gasteiger partial charge in [0.15, 0.2) is 5.16 Å². The largest absolute Gasteiger partial charge is 0.355 e. The van der Waals surface area contributed by atoms with E-state index < -0.39 is 5.69 Å². The molecule has 138 valence electrons. The summed E-state index contributed by atoms with van der Waals surface area (Å²) < 4.78 is 1.24. The Hall–Kier alpha value is -2.91. The zero-order valence-electron chi connectivity index (χ0n) is 14.1. The van der Waals surface area contributed by atoms with Gasteiger partial charge in [-0.3, -0.25) is 9.59 Å². The molecule has 1 aromatic carbocycles. The number of nitrogens with one attached hydrogen (secondary N) is 2. The maximum atomic E-state index is 12.1. The van der Waals surface area contributed by atoms with Crippen LogP contribution in [-0.2, 0) is 9.59 Å². The quantitative estimate of drug-likeness (QED) is 0.634. The zero-order chi connectivity index (χ0) is 19.4. The van der Waals surface area contributed by atoms with Crippen LogP contribution in [0.1, 0.15) is 6.92 Å². The van der Waals surface area contributed by atoms with Crippen molar-refractivity contribution in [2.24, 2.45) is 0 Å². The Morgan fingerprint density at radius 1 is 1.15 bits per heavy atom. The van der Waals surface area contributed by atoms with Gasteiger partial charge in [0.05, 0.1) is 10.8 Å². The van der Waals surface area contributed by atoms with Crippen molar-refractivity contribution in [1.82, 2.24) is 14.4 Å². The van der Waals surface area contributed by atoms with Crippen LogP contribution in [0.4, 0.5) is 11.4 Å². The van der Waals surface area contributed by atoms with E-state index in [9.17, 15) is 14.4 Å². The molecular weight excluding hydrogens is 390 g/mol. The molecule has 0 radical (unpaired) electrons. The Morgan fingerprint density at radius 2 is 1.89 bits per heavy atom. The Kier molecular flexibility index (Phi) is 5.72. The predicted molar refractivity (Wildman–Crippen MR) is 104 cm³/mol. The van der Waals surface area contributed by atoms with E-state index in [2.05, 4.69) is 20.6 Å². The minimum Gasteiger partial charge on any atom is -0.326 e. The molecule has 0 bridgehead atoms. The zero-order valence-corrected chi connectivity index (χ0v) is 15.7. The number of pyridine rings is 1. The van der Waals surface area contributed by atoms with Gasteiger partial charge in [-0.05, 0) is 30.3 Å². The van der Waals surface area contributed by atoms with Crippen molar-refractivity contribution in [3.8, 4) is 0 Å². The Bertz CT molecular complexity index is 1090. The van der Waals surface area contributed by atoms with Crippen LogP contribution < -0.4 is 16.3 Å². The van der Waals surface area contributed by atoms with Crippen LogP contribution in [0.2, 0.25) is 5.02 Å². The highest BCUT2D eigenvalue weighted by atomic mass is 35.5. The first kappa shape index (κ1) is 18.9. The highest BCUT2D eigenvalue weighted by Gasteiger charge is 2.09. The monoisotopic (exact) mass is 403 g/mol. The minimum atomic E-state index is -0.520. The summed E-state index contributed by atoms with van der Waals surface area (Å²) in [5, 5.41) is 5.96. The molecule has 8 nitrogen and oxygen atoms in total. The number of halogens is 1. The van der Waals surface area contributed by atoms with E-state index in [-0.39, 0.29) is 22.7 Å². The number of nitrogens with zero attached hydrogens (tertiary/aromatic N) is 3. The number of amides is 2. The molecule has 2 heterocycles. The van der Waals surface area contributed by atoms with Gasteiger partial charge in [0.2, 0.25) is 11.8 Å². The summed E-state index contributed by atoms with van der Waals surface area (Å²) in [7, 11) is 0. The van der Waals surface area contributed by atoms with E-state index in [0.717, 1.165) is 11.8 Å². The average Bonchev–Trinajstić information content (AvgIpc) is 2.60. The summed E-state index contributed by atoms with van der Waals surface area (Å²) in [4.78, 5) is 43.3. The lowest BCUT2D eigenvalue weighted by molar-refractivity contribution is -0.114. The molecule has 0 atom stereocenters. The van der Waals surface area contributed by atoms with Crippen molar-refractivity contribution in [3.05, 3.63) is 58.1 Å². The van der Waals surface area contributed by atoms with Crippen molar-refractivity contribution < 1.29 is 9.59 Å². The van der Waals surface area contributed by atoms with Crippen molar-refractivity contribution in [2.75, 3.05) is 16.4 Å². The maximum absolute atomic E-state index is 12.1. The van der Waals surface area contributed by atoms with E-state index in [0.29, 0.717) is 22.0 Å². The van der Waals surface area contributed by atoms with Crippen molar-refractivity contribution >= 4 is 52.2 Å². The minimum absolute atomic E-state index is 0.0214. The molecule has 3 rings (SSSR count). The van der Waals surface area contributed by atoms with Crippen LogP contribution in [0, 0.1) is 0 Å². The number of rotatable bonds is 5. The summed E-state index contributed by atoms with van der Waals surface area (Å²) in [6, 6.07) is 10.00. The lowest BCUT2D eigenvalue weighted by atomic mass is 10.2. The Labute approximate surface area is 163 Å². The third-order valence-electron chi connectivity index (χ3n) is 3.30. The Balaban J connectivity index is 1.66. The molecule has 10 heteroatoms. The molecule has 2 aromatic heterocycles. The summed E-state index contributed by atoms with van der Waals surface area (Å²) in [6.07, 6.45) is 1.43. The molecule has 0 saturated carbocycles. The third kappa shape index (κ3) is 5.05. The fourth-order valence-electron chi connectivity index (χ4n) is 2.24. The fourth-order valence-corrected chi connectivity index (χ4v) is 3.03. The number of hydrogen-bond acceptors (Lipinski definition) is 6. The lowest BCUT2D eigenvalue weighted by Gasteiger charge is -2.07. The molecule has 3 aromatic rings. The first-order chi connectivity index (χ1) is 12.9.